The number of nitrogens with zero attached hydrogens (tertiary/aromatic N) is 1. The molecule has 0 aromatic heterocycles. The lowest BCUT2D eigenvalue weighted by atomic mass is 10.0. The molecule has 0 saturated heterocycles. The van der Waals surface area contributed by atoms with E-state index in [4.69, 9.17) is 4.74 Å². The van der Waals surface area contributed by atoms with Crippen molar-refractivity contribution in [1.29, 1.82) is 0 Å². The number of carbonyl (C=O) groups excluding carboxylic acids is 2. The summed E-state index contributed by atoms with van der Waals surface area (Å²) in [6.07, 6.45) is 0. The van der Waals surface area contributed by atoms with E-state index in [1.54, 1.807) is 6.92 Å². The van der Waals surface area contributed by atoms with Crippen LogP contribution in [0.25, 0.3) is 0 Å². The van der Waals surface area contributed by atoms with Crippen molar-refractivity contribution in [2.75, 3.05) is 6.61 Å². The number of carbonyl (C=O) groups is 2. The maximum absolute atomic E-state index is 12.1. The summed E-state index contributed by atoms with van der Waals surface area (Å²) < 4.78 is 5.59. The first-order valence-electron chi connectivity index (χ1n) is 8.76. The van der Waals surface area contributed by atoms with Crippen molar-refractivity contribution >= 4 is 17.5 Å². The Labute approximate surface area is 163 Å². The zero-order chi connectivity index (χ0) is 20.8. The fourth-order valence-corrected chi connectivity index (χ4v) is 2.57. The Hall–Kier alpha value is -3.42. The van der Waals surface area contributed by atoms with Crippen LogP contribution in [0.2, 0.25) is 0 Å². The molecule has 2 aromatic carbocycles. The first-order valence-corrected chi connectivity index (χ1v) is 8.76. The Morgan fingerprint density at radius 2 is 1.82 bits per heavy atom. The minimum absolute atomic E-state index is 0.0688. The second-order valence-corrected chi connectivity index (χ2v) is 6.75. The molecule has 0 spiro atoms. The van der Waals surface area contributed by atoms with E-state index in [0.717, 1.165) is 17.2 Å². The zero-order valence-electron chi connectivity index (χ0n) is 16.2. The molecule has 0 unspecified atom stereocenters. The molecule has 8 nitrogen and oxygen atoms in total. The zero-order valence-corrected chi connectivity index (χ0v) is 16.2. The van der Waals surface area contributed by atoms with Crippen LogP contribution in [0.5, 0.6) is 5.75 Å². The summed E-state index contributed by atoms with van der Waals surface area (Å²) in [5.41, 5.74) is 6.81. The summed E-state index contributed by atoms with van der Waals surface area (Å²) in [5, 5.41) is 11.0. The van der Waals surface area contributed by atoms with Crippen LogP contribution in [-0.2, 0) is 4.79 Å². The standard InChI is InChI=1S/C20H23N3O5/c1-12(2)16-8-5-13(3)9-18(16)28-11-19(24)21-22-20(25)15-7-6-14(4)17(10-15)23(26)27/h5-10,12H,11H2,1-4H3,(H,21,24)(H,22,25). The third-order valence-corrected chi connectivity index (χ3v) is 4.13. The fourth-order valence-electron chi connectivity index (χ4n) is 2.57. The van der Waals surface area contributed by atoms with Gasteiger partial charge in [0.05, 0.1) is 4.92 Å². The Morgan fingerprint density at radius 3 is 2.46 bits per heavy atom. The molecule has 28 heavy (non-hydrogen) atoms. The van der Waals surface area contributed by atoms with Crippen molar-refractivity contribution in [2.45, 2.75) is 33.6 Å². The van der Waals surface area contributed by atoms with Gasteiger partial charge in [-0.1, -0.05) is 32.0 Å². The SMILES string of the molecule is Cc1ccc(C(C)C)c(OCC(=O)NNC(=O)c2ccc(C)c([N+](=O)[O-])c2)c1. The predicted molar refractivity (Wildman–Crippen MR) is 104 cm³/mol. The van der Waals surface area contributed by atoms with E-state index in [0.29, 0.717) is 11.3 Å². The summed E-state index contributed by atoms with van der Waals surface area (Å²) in [4.78, 5) is 34.5. The molecule has 0 saturated carbocycles. The van der Waals surface area contributed by atoms with Gasteiger partial charge in [-0.25, -0.2) is 0 Å². The first-order chi connectivity index (χ1) is 13.2. The van der Waals surface area contributed by atoms with Crippen molar-refractivity contribution in [1.82, 2.24) is 10.9 Å². The molecule has 0 bridgehead atoms. The van der Waals surface area contributed by atoms with E-state index in [9.17, 15) is 19.7 Å². The number of nitro groups is 1. The molecule has 2 N–H and O–H groups in total. The molecule has 2 amide bonds. The Bertz CT molecular complexity index is 909. The van der Waals surface area contributed by atoms with Gasteiger partial charge in [-0.05, 0) is 43.0 Å². The molecule has 2 aromatic rings. The lowest BCUT2D eigenvalue weighted by Gasteiger charge is -2.15. The highest BCUT2D eigenvalue weighted by atomic mass is 16.6. The van der Waals surface area contributed by atoms with Gasteiger partial charge >= 0.3 is 0 Å². The highest BCUT2D eigenvalue weighted by Gasteiger charge is 2.16. The summed E-state index contributed by atoms with van der Waals surface area (Å²) in [6, 6.07) is 9.87. The smallest absolute Gasteiger partial charge is 0.276 e. The van der Waals surface area contributed by atoms with Crippen molar-refractivity contribution < 1.29 is 19.2 Å². The summed E-state index contributed by atoms with van der Waals surface area (Å²) in [7, 11) is 0. The molecule has 0 aliphatic heterocycles. The van der Waals surface area contributed by atoms with E-state index in [1.807, 2.05) is 39.0 Å². The van der Waals surface area contributed by atoms with Crippen molar-refractivity contribution in [3.63, 3.8) is 0 Å². The molecule has 0 atom stereocenters. The van der Waals surface area contributed by atoms with Gasteiger partial charge in [0.1, 0.15) is 5.75 Å². The van der Waals surface area contributed by atoms with E-state index in [2.05, 4.69) is 10.9 Å². The van der Waals surface area contributed by atoms with Gasteiger partial charge in [-0.15, -0.1) is 0 Å². The quantitative estimate of drug-likeness (QED) is 0.586. The van der Waals surface area contributed by atoms with E-state index in [-0.39, 0.29) is 23.8 Å². The summed E-state index contributed by atoms with van der Waals surface area (Å²) in [5.74, 6) is -0.359. The average Bonchev–Trinajstić information content (AvgIpc) is 2.64. The van der Waals surface area contributed by atoms with Gasteiger partial charge < -0.3 is 4.74 Å². The van der Waals surface area contributed by atoms with Crippen LogP contribution in [0.1, 0.15) is 46.8 Å². The third-order valence-electron chi connectivity index (χ3n) is 4.13. The number of hydrogen-bond donors (Lipinski definition) is 2. The van der Waals surface area contributed by atoms with Crippen molar-refractivity contribution in [2.24, 2.45) is 0 Å². The maximum Gasteiger partial charge on any atom is 0.276 e. The highest BCUT2D eigenvalue weighted by molar-refractivity contribution is 5.96. The lowest BCUT2D eigenvalue weighted by molar-refractivity contribution is -0.385. The number of ether oxygens (including phenoxy) is 1. The molecule has 0 fully saturated rings. The number of hydrogen-bond acceptors (Lipinski definition) is 5. The number of rotatable bonds is 6. The van der Waals surface area contributed by atoms with E-state index >= 15 is 0 Å². The van der Waals surface area contributed by atoms with Crippen LogP contribution in [0.15, 0.2) is 36.4 Å². The fraction of sp³-hybridized carbons (Fsp3) is 0.300. The molecule has 0 heterocycles. The molecule has 2 rings (SSSR count). The Morgan fingerprint density at radius 1 is 1.11 bits per heavy atom. The number of amides is 2. The largest absolute Gasteiger partial charge is 0.483 e. The molecule has 0 aliphatic carbocycles. The number of benzene rings is 2. The average molecular weight is 385 g/mol. The second kappa shape index (κ2) is 8.98. The summed E-state index contributed by atoms with van der Waals surface area (Å²) >= 11 is 0. The summed E-state index contributed by atoms with van der Waals surface area (Å²) in [6.45, 7) is 7.28. The van der Waals surface area contributed by atoms with Gasteiger partial charge in [0, 0.05) is 17.2 Å². The molecule has 0 radical (unpaired) electrons. The molecule has 8 heteroatoms. The van der Waals surface area contributed by atoms with Crippen molar-refractivity contribution in [3.8, 4) is 5.75 Å². The van der Waals surface area contributed by atoms with Crippen LogP contribution in [0.3, 0.4) is 0 Å². The monoisotopic (exact) mass is 385 g/mol. The number of nitro benzene ring substituents is 1. The highest BCUT2D eigenvalue weighted by Crippen LogP contribution is 2.27. The third kappa shape index (κ3) is 5.29. The predicted octanol–water partition coefficient (Wildman–Crippen LogP) is 3.18. The van der Waals surface area contributed by atoms with Crippen LogP contribution in [-0.4, -0.2) is 23.3 Å². The number of hydrazine groups is 1. The Kier molecular flexibility index (Phi) is 6.70. The topological polar surface area (TPSA) is 111 Å². The molecular weight excluding hydrogens is 362 g/mol. The second-order valence-electron chi connectivity index (χ2n) is 6.75. The van der Waals surface area contributed by atoms with Crippen LogP contribution >= 0.6 is 0 Å². The normalized spacial score (nSPS) is 10.5. The van der Waals surface area contributed by atoms with Crippen LogP contribution in [0, 0.1) is 24.0 Å². The minimum Gasteiger partial charge on any atom is -0.483 e. The van der Waals surface area contributed by atoms with Gasteiger partial charge in [-0.2, -0.15) is 0 Å². The van der Waals surface area contributed by atoms with E-state index < -0.39 is 16.7 Å². The van der Waals surface area contributed by atoms with Gasteiger partial charge in [0.2, 0.25) is 0 Å². The Balaban J connectivity index is 1.95. The van der Waals surface area contributed by atoms with E-state index in [1.165, 1.54) is 12.1 Å². The van der Waals surface area contributed by atoms with Gasteiger partial charge in [0.15, 0.2) is 6.61 Å². The van der Waals surface area contributed by atoms with Crippen molar-refractivity contribution in [3.05, 3.63) is 68.8 Å². The molecular formula is C20H23N3O5. The van der Waals surface area contributed by atoms with Gasteiger partial charge in [-0.3, -0.25) is 30.6 Å². The lowest BCUT2D eigenvalue weighted by Crippen LogP contribution is -2.43. The van der Waals surface area contributed by atoms with Crippen LogP contribution < -0.4 is 15.6 Å². The maximum atomic E-state index is 12.1. The first kappa shape index (κ1) is 20.9. The number of nitrogens with one attached hydrogen (secondary N) is 2. The molecule has 148 valence electrons. The van der Waals surface area contributed by atoms with Crippen LogP contribution in [0.4, 0.5) is 5.69 Å². The number of aryl methyl sites for hydroxylation is 2. The molecule has 0 aliphatic rings. The van der Waals surface area contributed by atoms with Gasteiger partial charge in [0.25, 0.3) is 17.5 Å². The minimum atomic E-state index is -0.658.